The van der Waals surface area contributed by atoms with E-state index < -0.39 is 117 Å². The van der Waals surface area contributed by atoms with Gasteiger partial charge >= 0.3 is 42.2 Å². The molecule has 2 saturated heterocycles. The van der Waals surface area contributed by atoms with Gasteiger partial charge in [-0.05, 0) is 148 Å². The van der Waals surface area contributed by atoms with Crippen molar-refractivity contribution in [3.05, 3.63) is 0 Å². The van der Waals surface area contributed by atoms with Crippen LogP contribution in [0.4, 0.5) is 14.4 Å². The molecule has 2 aliphatic rings. The topological polar surface area (TPSA) is 304 Å². The number of rotatable bonds is 13. The summed E-state index contributed by atoms with van der Waals surface area (Å²) in [4.78, 5) is 122. The van der Waals surface area contributed by atoms with Crippen LogP contribution >= 0.6 is 0 Å². The van der Waals surface area contributed by atoms with E-state index in [2.05, 4.69) is 21.4 Å². The summed E-state index contributed by atoms with van der Waals surface area (Å²) in [6.07, 6.45) is -0.282. The van der Waals surface area contributed by atoms with Crippen molar-refractivity contribution in [3.63, 3.8) is 0 Å². The number of nitrogens with one attached hydrogen (secondary N) is 4. The molecule has 2 unspecified atom stereocenters. The Morgan fingerprint density at radius 2 is 1.05 bits per heavy atom. The first kappa shape index (κ1) is 69.1. The van der Waals surface area contributed by atoms with Gasteiger partial charge in [0.2, 0.25) is 11.8 Å². The van der Waals surface area contributed by atoms with Gasteiger partial charge in [-0.3, -0.25) is 33.8 Å². The Hall–Kier alpha value is -5.94. The van der Waals surface area contributed by atoms with Crippen LogP contribution in [0, 0.1) is 17.8 Å². The van der Waals surface area contributed by atoms with Crippen molar-refractivity contribution in [2.75, 3.05) is 27.3 Å². The molecule has 0 radical (unpaired) electrons. The fourth-order valence-electron chi connectivity index (χ4n) is 7.23. The molecule has 5 N–H and O–H groups in total. The molecule has 0 aromatic rings. The second-order valence-electron chi connectivity index (χ2n) is 23.6. The van der Waals surface area contributed by atoms with Crippen LogP contribution in [0.15, 0.2) is 0 Å². The van der Waals surface area contributed by atoms with Gasteiger partial charge in [-0.25, -0.2) is 29.6 Å². The molecule has 0 bridgehead atoms. The summed E-state index contributed by atoms with van der Waals surface area (Å²) in [5, 5.41) is 19.8. The van der Waals surface area contributed by atoms with E-state index in [0.29, 0.717) is 32.2 Å². The minimum absolute atomic E-state index is 0.0624. The van der Waals surface area contributed by atoms with Crippen molar-refractivity contribution < 1.29 is 81.5 Å². The highest BCUT2D eigenvalue weighted by Gasteiger charge is 2.52. The van der Waals surface area contributed by atoms with Crippen LogP contribution in [-0.4, -0.2) is 159 Å². The number of carbonyl (C=O) groups is 10. The van der Waals surface area contributed by atoms with Crippen molar-refractivity contribution >= 4 is 59.9 Å². The molecule has 0 aromatic heterocycles. The van der Waals surface area contributed by atoms with E-state index in [9.17, 15) is 47.9 Å². The highest BCUT2D eigenvalue weighted by atomic mass is 16.6. The summed E-state index contributed by atoms with van der Waals surface area (Å²) < 4.78 is 30.9. The summed E-state index contributed by atoms with van der Waals surface area (Å²) in [5.74, 6) is -4.91. The van der Waals surface area contributed by atoms with Crippen LogP contribution in [0.2, 0.25) is 0 Å². The van der Waals surface area contributed by atoms with Gasteiger partial charge < -0.3 is 49.5 Å². The molecule has 6 atom stereocenters. The largest absolute Gasteiger partial charge is 0.480 e. The van der Waals surface area contributed by atoms with E-state index in [1.54, 1.807) is 132 Å². The monoisotopic (exact) mass is 1070 g/mol. The summed E-state index contributed by atoms with van der Waals surface area (Å²) >= 11 is 0. The third kappa shape index (κ3) is 24.1. The number of hydrogen-bond donors (Lipinski definition) is 5. The van der Waals surface area contributed by atoms with Crippen LogP contribution in [0.3, 0.4) is 0 Å². The van der Waals surface area contributed by atoms with Crippen LogP contribution in [0.25, 0.3) is 0 Å². The van der Waals surface area contributed by atoms with E-state index in [1.165, 1.54) is 26.2 Å². The maximum Gasteiger partial charge on any atom is 0.430 e. The van der Waals surface area contributed by atoms with Gasteiger partial charge in [-0.2, -0.15) is 5.01 Å². The lowest BCUT2D eigenvalue weighted by atomic mass is 9.91. The van der Waals surface area contributed by atoms with Crippen molar-refractivity contribution in [1.29, 1.82) is 0 Å². The molecular weight excluding hydrogens is 983 g/mol. The third-order valence-electron chi connectivity index (χ3n) is 10.9. The van der Waals surface area contributed by atoms with E-state index >= 15 is 0 Å². The number of carboxylic acid groups (broad SMARTS) is 1. The first-order valence-corrected chi connectivity index (χ1v) is 25.2. The molecule has 24 nitrogen and oxygen atoms in total. The number of carbonyl (C=O) groups excluding carboxylic acids is 9. The number of methoxy groups -OCH3 is 2. The molecule has 6 amide bonds. The molecule has 0 aliphatic carbocycles. The number of esters is 3. The normalized spacial score (nSPS) is 19.7. The minimum Gasteiger partial charge on any atom is -0.480 e. The Morgan fingerprint density at radius 1 is 0.587 bits per heavy atom. The number of hydrogen-bond acceptors (Lipinski definition) is 17. The smallest absolute Gasteiger partial charge is 0.430 e. The van der Waals surface area contributed by atoms with Crippen LogP contribution in [0.5, 0.6) is 0 Å². The van der Waals surface area contributed by atoms with E-state index in [0.717, 1.165) is 10.0 Å². The Labute approximate surface area is 443 Å². The Morgan fingerprint density at radius 3 is 1.49 bits per heavy atom. The molecule has 2 aliphatic heterocycles. The minimum atomic E-state index is -1.35. The van der Waals surface area contributed by atoms with Crippen LogP contribution in [0.1, 0.15) is 171 Å². The van der Waals surface area contributed by atoms with Crippen molar-refractivity contribution in [1.82, 2.24) is 36.4 Å². The fourth-order valence-corrected chi connectivity index (χ4v) is 7.23. The van der Waals surface area contributed by atoms with Crippen molar-refractivity contribution in [2.24, 2.45) is 17.8 Å². The maximum atomic E-state index is 12.8. The second-order valence-corrected chi connectivity index (χ2v) is 23.6. The fraction of sp³-hybridized carbons (Fsp3) is 0.804. The Kier molecular flexibility index (Phi) is 26.0. The summed E-state index contributed by atoms with van der Waals surface area (Å²) in [6, 6.07) is -2.72. The summed E-state index contributed by atoms with van der Waals surface area (Å²) in [7, 11) is 2.54. The summed E-state index contributed by atoms with van der Waals surface area (Å²) in [6.45, 7) is 34.7. The molecule has 2 heterocycles. The van der Waals surface area contributed by atoms with Gasteiger partial charge in [0.25, 0.3) is 5.91 Å². The Balaban J connectivity index is 0.00000112. The standard InChI is InChI=1S/C20H36N4O6.C17H30N2O6.C14H25NO5/c1-12(2)14(22-18(28)30-19(4,5)6)15(25)21-13(3)16(26)24-11-9-10-20(7,23-24)17(27)29-8;1-15(2,3)24-13(21)18-11-9-10-17(7,12(20)23-8)19(18)14(22)25-16(4,5)6;1-8(2)10(7-11(16)20-14(4,5)6)12(17)15-9(3)13(18)19/h12-14,23H,9-11H2,1-8H3,(H,21,25)(H,22,28);9-11H2,1-8H3;8-10H,7H2,1-6H3,(H,15,17)(H,18,19)/t13-,14-,20?;;9-,10-/m0.0/s1. The lowest BCUT2D eigenvalue weighted by Crippen LogP contribution is -2.67. The average Bonchev–Trinajstić information content (AvgIpc) is 3.23. The van der Waals surface area contributed by atoms with Crippen molar-refractivity contribution in [2.45, 2.75) is 222 Å². The van der Waals surface area contributed by atoms with Gasteiger partial charge in [-0.15, -0.1) is 0 Å². The van der Waals surface area contributed by atoms with Gasteiger partial charge in [0.05, 0.1) is 26.6 Å². The molecule has 24 heteroatoms. The molecular formula is C51H91N7O17. The van der Waals surface area contributed by atoms with E-state index in [4.69, 9.17) is 33.5 Å². The quantitative estimate of drug-likeness (QED) is 0.108. The zero-order chi connectivity index (χ0) is 59.0. The first-order valence-electron chi connectivity index (χ1n) is 25.2. The van der Waals surface area contributed by atoms with E-state index in [1.807, 2.05) is 0 Å². The predicted molar refractivity (Wildman–Crippen MR) is 275 cm³/mol. The number of aliphatic carboxylic acids is 1. The molecule has 0 aromatic carbocycles. The number of ether oxygens (including phenoxy) is 6. The predicted octanol–water partition coefficient (Wildman–Crippen LogP) is 5.78. The number of carboxylic acids is 1. The second kappa shape index (κ2) is 28.3. The third-order valence-corrected chi connectivity index (χ3v) is 10.9. The number of alkyl carbamates (subject to hydrolysis) is 1. The highest BCUT2D eigenvalue weighted by Crippen LogP contribution is 2.33. The van der Waals surface area contributed by atoms with Crippen LogP contribution < -0.4 is 21.4 Å². The van der Waals surface area contributed by atoms with Gasteiger partial charge in [0, 0.05) is 13.1 Å². The summed E-state index contributed by atoms with van der Waals surface area (Å²) in [5.41, 5.74) is -2.28. The van der Waals surface area contributed by atoms with Gasteiger partial charge in [0.1, 0.15) is 46.1 Å². The number of hydrazine groups is 2. The maximum absolute atomic E-state index is 12.8. The lowest BCUT2D eigenvalue weighted by Gasteiger charge is -2.48. The molecule has 0 spiro atoms. The zero-order valence-corrected chi connectivity index (χ0v) is 48.7. The van der Waals surface area contributed by atoms with Gasteiger partial charge in [-0.1, -0.05) is 27.7 Å². The highest BCUT2D eigenvalue weighted by molar-refractivity contribution is 5.92. The van der Waals surface area contributed by atoms with E-state index in [-0.39, 0.29) is 24.8 Å². The number of nitrogens with zero attached hydrogens (tertiary/aromatic N) is 3. The molecule has 432 valence electrons. The van der Waals surface area contributed by atoms with Crippen LogP contribution in [-0.2, 0) is 62.0 Å². The SMILES string of the molecule is CC(C)[C@H](CC(=O)OC(C)(C)C)C(=O)N[C@@H](C)C(=O)O.COC(=O)C1(C)CCCN(C(=O)OC(C)(C)C)N1C(=O)OC(C)(C)C.COC(=O)C1(C)CCCN(C(=O)[C@H](C)NC(=O)[C@@H](NC(=O)OC(C)(C)C)C(C)C)N1. The lowest BCUT2D eigenvalue weighted by molar-refractivity contribution is -0.174. The molecule has 2 fully saturated rings. The molecule has 75 heavy (non-hydrogen) atoms. The van der Waals surface area contributed by atoms with Crippen molar-refractivity contribution in [3.8, 4) is 0 Å². The van der Waals surface area contributed by atoms with Gasteiger partial charge in [0.15, 0.2) is 5.54 Å². The molecule has 2 rings (SSSR count). The first-order chi connectivity index (χ1) is 33.8. The number of amides is 6. The average molecular weight is 1070 g/mol. The Bertz CT molecular complexity index is 2000. The molecule has 0 saturated carbocycles. The zero-order valence-electron chi connectivity index (χ0n) is 48.7.